The Morgan fingerprint density at radius 1 is 0.885 bits per heavy atom. The molecule has 0 radical (unpaired) electrons. The maximum atomic E-state index is 12.3. The number of carbonyl (C=O) groups excluding carboxylic acids is 1. The number of carbonyl (C=O) groups is 1. The maximum absolute atomic E-state index is 12.3. The van der Waals surface area contributed by atoms with Crippen LogP contribution in [0.15, 0.2) is 84.9 Å². The van der Waals surface area contributed by atoms with Crippen LogP contribution in [0.25, 0.3) is 6.08 Å². The first-order valence-electron chi connectivity index (χ1n) is 8.38. The predicted molar refractivity (Wildman–Crippen MR) is 104 cm³/mol. The summed E-state index contributed by atoms with van der Waals surface area (Å²) in [5.41, 5.74) is 2.62. The highest BCUT2D eigenvalue weighted by molar-refractivity contribution is 6.07. The fraction of sp³-hybridized carbons (Fsp3) is 0.0870. The molecule has 3 aromatic carbocycles. The van der Waals surface area contributed by atoms with Crippen LogP contribution < -0.4 is 9.47 Å². The molecule has 3 rings (SSSR count). The van der Waals surface area contributed by atoms with Crippen molar-refractivity contribution in [3.05, 3.63) is 102 Å². The number of hydrogen-bond acceptors (Lipinski definition) is 3. The monoisotopic (exact) mass is 344 g/mol. The van der Waals surface area contributed by atoms with Crippen LogP contribution in [-0.2, 0) is 6.61 Å². The summed E-state index contributed by atoms with van der Waals surface area (Å²) in [6, 6.07) is 24.8. The third kappa shape index (κ3) is 4.84. The van der Waals surface area contributed by atoms with Crippen molar-refractivity contribution in [1.29, 1.82) is 0 Å². The number of benzene rings is 3. The molecule has 0 N–H and O–H groups in total. The highest BCUT2D eigenvalue weighted by atomic mass is 16.5. The number of hydrogen-bond donors (Lipinski definition) is 0. The molecular weight excluding hydrogens is 324 g/mol. The van der Waals surface area contributed by atoms with Crippen LogP contribution >= 0.6 is 0 Å². The van der Waals surface area contributed by atoms with Crippen molar-refractivity contribution in [2.45, 2.75) is 6.61 Å². The van der Waals surface area contributed by atoms with E-state index < -0.39 is 0 Å². The summed E-state index contributed by atoms with van der Waals surface area (Å²) >= 11 is 0. The second-order valence-electron chi connectivity index (χ2n) is 5.78. The standard InChI is InChI=1S/C23H20O3/c1-25-21-11-6-10-20(16-21)23(24)14-13-18-9-5-12-22(15-18)26-17-19-7-3-2-4-8-19/h2-16H,17H2,1H3/b14-13+. The van der Waals surface area contributed by atoms with Crippen LogP contribution in [0.5, 0.6) is 11.5 Å². The second-order valence-corrected chi connectivity index (χ2v) is 5.78. The fourth-order valence-corrected chi connectivity index (χ4v) is 2.49. The van der Waals surface area contributed by atoms with Gasteiger partial charge < -0.3 is 9.47 Å². The van der Waals surface area contributed by atoms with Gasteiger partial charge in [0.2, 0.25) is 0 Å². The fourth-order valence-electron chi connectivity index (χ4n) is 2.49. The topological polar surface area (TPSA) is 35.5 Å². The second kappa shape index (κ2) is 8.67. The number of ether oxygens (including phenoxy) is 2. The van der Waals surface area contributed by atoms with Gasteiger partial charge in [-0.05, 0) is 41.5 Å². The summed E-state index contributed by atoms with van der Waals surface area (Å²) in [4.78, 5) is 12.3. The Morgan fingerprint density at radius 3 is 2.46 bits per heavy atom. The van der Waals surface area contributed by atoms with Gasteiger partial charge in [-0.1, -0.05) is 60.7 Å². The first kappa shape index (κ1) is 17.5. The molecule has 0 spiro atoms. The summed E-state index contributed by atoms with van der Waals surface area (Å²) in [6.07, 6.45) is 3.35. The SMILES string of the molecule is COc1cccc(C(=O)/C=C/c2cccc(OCc3ccccc3)c2)c1. The Kier molecular flexibility index (Phi) is 5.84. The minimum Gasteiger partial charge on any atom is -0.497 e. The van der Waals surface area contributed by atoms with Gasteiger partial charge in [-0.15, -0.1) is 0 Å². The van der Waals surface area contributed by atoms with E-state index >= 15 is 0 Å². The van der Waals surface area contributed by atoms with Crippen molar-refractivity contribution in [2.75, 3.05) is 7.11 Å². The maximum Gasteiger partial charge on any atom is 0.185 e. The van der Waals surface area contributed by atoms with Crippen molar-refractivity contribution in [3.8, 4) is 11.5 Å². The molecule has 0 unspecified atom stereocenters. The van der Waals surface area contributed by atoms with E-state index in [1.165, 1.54) is 0 Å². The largest absolute Gasteiger partial charge is 0.497 e. The normalized spacial score (nSPS) is 10.7. The molecule has 26 heavy (non-hydrogen) atoms. The van der Waals surface area contributed by atoms with Gasteiger partial charge in [0.25, 0.3) is 0 Å². The van der Waals surface area contributed by atoms with Crippen LogP contribution in [0.3, 0.4) is 0 Å². The molecule has 0 saturated heterocycles. The van der Waals surface area contributed by atoms with Crippen molar-refractivity contribution >= 4 is 11.9 Å². The van der Waals surface area contributed by atoms with E-state index in [1.807, 2.05) is 60.7 Å². The predicted octanol–water partition coefficient (Wildman–Crippen LogP) is 5.17. The van der Waals surface area contributed by atoms with Gasteiger partial charge >= 0.3 is 0 Å². The van der Waals surface area contributed by atoms with Gasteiger partial charge in [0.05, 0.1) is 7.11 Å². The highest BCUT2D eigenvalue weighted by Gasteiger charge is 2.03. The highest BCUT2D eigenvalue weighted by Crippen LogP contribution is 2.17. The quantitative estimate of drug-likeness (QED) is 0.438. The Balaban J connectivity index is 1.65. The molecule has 3 nitrogen and oxygen atoms in total. The Bertz CT molecular complexity index is 898. The third-order valence-electron chi connectivity index (χ3n) is 3.89. The van der Waals surface area contributed by atoms with Crippen LogP contribution in [-0.4, -0.2) is 12.9 Å². The van der Waals surface area contributed by atoms with E-state index in [1.54, 1.807) is 37.5 Å². The number of ketones is 1. The molecule has 3 aromatic rings. The van der Waals surface area contributed by atoms with Gasteiger partial charge in [0.1, 0.15) is 18.1 Å². The van der Waals surface area contributed by atoms with E-state index in [-0.39, 0.29) is 5.78 Å². The lowest BCUT2D eigenvalue weighted by Crippen LogP contribution is -1.96. The van der Waals surface area contributed by atoms with Crippen molar-refractivity contribution < 1.29 is 14.3 Å². The Labute approximate surface area is 153 Å². The minimum absolute atomic E-state index is 0.0699. The Morgan fingerprint density at radius 2 is 1.65 bits per heavy atom. The summed E-state index contributed by atoms with van der Waals surface area (Å²) in [7, 11) is 1.58. The lowest BCUT2D eigenvalue weighted by atomic mass is 10.1. The molecule has 3 heteroatoms. The molecule has 0 aromatic heterocycles. The summed E-state index contributed by atoms with van der Waals surface area (Å²) in [6.45, 7) is 0.511. The smallest absolute Gasteiger partial charge is 0.185 e. The number of methoxy groups -OCH3 is 1. The molecule has 0 fully saturated rings. The average Bonchev–Trinajstić information content (AvgIpc) is 2.71. The molecule has 0 atom stereocenters. The van der Waals surface area contributed by atoms with E-state index in [4.69, 9.17) is 9.47 Å². The zero-order valence-corrected chi connectivity index (χ0v) is 14.6. The van der Waals surface area contributed by atoms with E-state index in [0.29, 0.717) is 17.9 Å². The molecule has 0 aliphatic heterocycles. The third-order valence-corrected chi connectivity index (χ3v) is 3.89. The van der Waals surface area contributed by atoms with Crippen molar-refractivity contribution in [3.63, 3.8) is 0 Å². The average molecular weight is 344 g/mol. The summed E-state index contributed by atoms with van der Waals surface area (Å²) in [5.74, 6) is 1.37. The van der Waals surface area contributed by atoms with E-state index in [0.717, 1.165) is 16.9 Å². The van der Waals surface area contributed by atoms with Crippen molar-refractivity contribution in [1.82, 2.24) is 0 Å². The minimum atomic E-state index is -0.0699. The lowest BCUT2D eigenvalue weighted by Gasteiger charge is -2.07. The molecule has 0 aliphatic rings. The lowest BCUT2D eigenvalue weighted by molar-refractivity contribution is 0.104. The van der Waals surface area contributed by atoms with Crippen molar-refractivity contribution in [2.24, 2.45) is 0 Å². The Hall–Kier alpha value is -3.33. The van der Waals surface area contributed by atoms with Crippen LogP contribution in [0, 0.1) is 0 Å². The van der Waals surface area contributed by atoms with Gasteiger partial charge in [0, 0.05) is 5.56 Å². The summed E-state index contributed by atoms with van der Waals surface area (Å²) in [5, 5.41) is 0. The molecule has 130 valence electrons. The molecule has 0 amide bonds. The number of rotatable bonds is 7. The van der Waals surface area contributed by atoms with Crippen LogP contribution in [0.4, 0.5) is 0 Å². The van der Waals surface area contributed by atoms with Gasteiger partial charge in [0.15, 0.2) is 5.78 Å². The molecule has 0 saturated carbocycles. The molecular formula is C23H20O3. The zero-order chi connectivity index (χ0) is 18.2. The van der Waals surface area contributed by atoms with Crippen LogP contribution in [0.1, 0.15) is 21.5 Å². The zero-order valence-electron chi connectivity index (χ0n) is 14.6. The first-order valence-corrected chi connectivity index (χ1v) is 8.38. The summed E-state index contributed by atoms with van der Waals surface area (Å²) < 4.78 is 11.0. The molecule has 0 aliphatic carbocycles. The molecule has 0 heterocycles. The van der Waals surface area contributed by atoms with Gasteiger partial charge in [-0.3, -0.25) is 4.79 Å². The van der Waals surface area contributed by atoms with Crippen LogP contribution in [0.2, 0.25) is 0 Å². The van der Waals surface area contributed by atoms with Gasteiger partial charge in [-0.25, -0.2) is 0 Å². The van der Waals surface area contributed by atoms with E-state index in [9.17, 15) is 4.79 Å². The van der Waals surface area contributed by atoms with E-state index in [2.05, 4.69) is 0 Å². The number of allylic oxidation sites excluding steroid dienone is 1. The van der Waals surface area contributed by atoms with Gasteiger partial charge in [-0.2, -0.15) is 0 Å². The molecule has 0 bridgehead atoms. The first-order chi connectivity index (χ1) is 12.7.